The predicted octanol–water partition coefficient (Wildman–Crippen LogP) is 2.41. The summed E-state index contributed by atoms with van der Waals surface area (Å²) in [4.78, 5) is 22.7. The Morgan fingerprint density at radius 3 is 2.96 bits per heavy atom. The highest BCUT2D eigenvalue weighted by Crippen LogP contribution is 2.16. The molecule has 26 heavy (non-hydrogen) atoms. The number of carbonyl (C=O) groups is 1. The third-order valence-corrected chi connectivity index (χ3v) is 4.38. The van der Waals surface area contributed by atoms with Crippen LogP contribution in [0.15, 0.2) is 29.0 Å². The van der Waals surface area contributed by atoms with E-state index in [1.165, 1.54) is 0 Å². The number of pyridine rings is 1. The van der Waals surface area contributed by atoms with E-state index in [2.05, 4.69) is 29.0 Å². The molecule has 3 rings (SSSR count). The Kier molecular flexibility index (Phi) is 6.33. The van der Waals surface area contributed by atoms with Crippen molar-refractivity contribution in [1.29, 1.82) is 0 Å². The van der Waals surface area contributed by atoms with Gasteiger partial charge in [0.1, 0.15) is 6.61 Å². The minimum absolute atomic E-state index is 0.0113. The first-order chi connectivity index (χ1) is 12.6. The zero-order valence-corrected chi connectivity index (χ0v) is 15.4. The van der Waals surface area contributed by atoms with Crippen LogP contribution in [0.3, 0.4) is 0 Å². The van der Waals surface area contributed by atoms with Crippen LogP contribution in [0.4, 0.5) is 0 Å². The number of likely N-dealkylation sites (tertiary alicyclic amines) is 1. The molecule has 1 saturated heterocycles. The van der Waals surface area contributed by atoms with E-state index < -0.39 is 0 Å². The van der Waals surface area contributed by atoms with E-state index >= 15 is 0 Å². The average Bonchev–Trinajstić information content (AvgIpc) is 3.08. The van der Waals surface area contributed by atoms with Crippen LogP contribution >= 0.6 is 0 Å². The van der Waals surface area contributed by atoms with Gasteiger partial charge in [0.15, 0.2) is 5.82 Å². The van der Waals surface area contributed by atoms with Crippen molar-refractivity contribution in [1.82, 2.24) is 20.0 Å². The molecule has 1 unspecified atom stereocenters. The highest BCUT2D eigenvalue weighted by molar-refractivity contribution is 5.78. The normalized spacial score (nSPS) is 17.7. The van der Waals surface area contributed by atoms with E-state index in [1.807, 2.05) is 17.0 Å². The zero-order chi connectivity index (χ0) is 18.4. The van der Waals surface area contributed by atoms with Gasteiger partial charge >= 0.3 is 0 Å². The van der Waals surface area contributed by atoms with Gasteiger partial charge < -0.3 is 14.2 Å². The fraction of sp³-hybridized carbons (Fsp3) is 0.579. The summed E-state index contributed by atoms with van der Waals surface area (Å²) in [5.41, 5.74) is 0.984. The third-order valence-electron chi connectivity index (χ3n) is 4.38. The van der Waals surface area contributed by atoms with Crippen LogP contribution in [-0.4, -0.2) is 45.1 Å². The molecule has 0 spiro atoms. The maximum atomic E-state index is 12.5. The Hall–Kier alpha value is -2.28. The Morgan fingerprint density at radius 1 is 1.38 bits per heavy atom. The quantitative estimate of drug-likeness (QED) is 0.756. The lowest BCUT2D eigenvalue weighted by Crippen LogP contribution is -2.43. The molecule has 0 aromatic carbocycles. The average molecular weight is 358 g/mol. The number of rotatable bonds is 7. The fourth-order valence-corrected chi connectivity index (χ4v) is 3.06. The second kappa shape index (κ2) is 8.89. The fourth-order valence-electron chi connectivity index (χ4n) is 3.06. The van der Waals surface area contributed by atoms with Gasteiger partial charge in [-0.05, 0) is 36.5 Å². The Morgan fingerprint density at radius 2 is 2.19 bits per heavy atom. The van der Waals surface area contributed by atoms with Gasteiger partial charge in [-0.25, -0.2) is 0 Å². The van der Waals surface area contributed by atoms with E-state index in [0.717, 1.165) is 31.4 Å². The molecular weight excluding hydrogens is 332 g/mol. The molecule has 1 aliphatic rings. The number of carbonyl (C=O) groups excluding carboxylic acids is 1. The molecule has 1 amide bonds. The van der Waals surface area contributed by atoms with Crippen LogP contribution in [0.1, 0.15) is 44.0 Å². The molecule has 1 fully saturated rings. The van der Waals surface area contributed by atoms with E-state index in [0.29, 0.717) is 37.2 Å². The molecule has 0 bridgehead atoms. The molecule has 3 heterocycles. The molecular formula is C19H26N4O3. The lowest BCUT2D eigenvalue weighted by Gasteiger charge is -2.32. The first-order valence-electron chi connectivity index (χ1n) is 9.20. The second-order valence-electron chi connectivity index (χ2n) is 7.15. The van der Waals surface area contributed by atoms with Crippen molar-refractivity contribution in [2.45, 2.75) is 52.2 Å². The van der Waals surface area contributed by atoms with E-state index in [1.54, 1.807) is 12.4 Å². The number of aromatic nitrogens is 3. The van der Waals surface area contributed by atoms with Gasteiger partial charge in [-0.1, -0.05) is 19.0 Å². The Labute approximate surface area is 153 Å². The molecule has 0 N–H and O–H groups in total. The Balaban J connectivity index is 1.47. The minimum atomic E-state index is 0.0113. The van der Waals surface area contributed by atoms with E-state index in [9.17, 15) is 4.79 Å². The van der Waals surface area contributed by atoms with Gasteiger partial charge in [0.25, 0.3) is 0 Å². The van der Waals surface area contributed by atoms with Crippen LogP contribution in [0, 0.1) is 5.92 Å². The number of hydrogen-bond donors (Lipinski definition) is 0. The van der Waals surface area contributed by atoms with Gasteiger partial charge in [-0.2, -0.15) is 4.98 Å². The summed E-state index contributed by atoms with van der Waals surface area (Å²) in [6, 6.07) is 3.75. The minimum Gasteiger partial charge on any atom is -0.368 e. The molecule has 2 aromatic heterocycles. The van der Waals surface area contributed by atoms with Gasteiger partial charge in [0.05, 0.1) is 12.5 Å². The highest BCUT2D eigenvalue weighted by atomic mass is 16.5. The molecule has 0 aliphatic carbocycles. The van der Waals surface area contributed by atoms with Gasteiger partial charge in [-0.15, -0.1) is 0 Å². The first-order valence-corrected chi connectivity index (χ1v) is 9.20. The van der Waals surface area contributed by atoms with Crippen molar-refractivity contribution < 1.29 is 14.1 Å². The van der Waals surface area contributed by atoms with E-state index in [-0.39, 0.29) is 12.0 Å². The summed E-state index contributed by atoms with van der Waals surface area (Å²) < 4.78 is 11.2. The van der Waals surface area contributed by atoms with Crippen molar-refractivity contribution in [3.05, 3.63) is 41.8 Å². The highest BCUT2D eigenvalue weighted by Gasteiger charge is 2.24. The van der Waals surface area contributed by atoms with Crippen molar-refractivity contribution in [3.8, 4) is 0 Å². The third kappa shape index (κ3) is 5.36. The van der Waals surface area contributed by atoms with Crippen molar-refractivity contribution in [3.63, 3.8) is 0 Å². The molecule has 7 nitrogen and oxygen atoms in total. The van der Waals surface area contributed by atoms with Crippen LogP contribution in [0.25, 0.3) is 0 Å². The maximum absolute atomic E-state index is 12.5. The molecule has 2 aromatic rings. The molecule has 1 aliphatic heterocycles. The van der Waals surface area contributed by atoms with Crippen LogP contribution < -0.4 is 0 Å². The summed E-state index contributed by atoms with van der Waals surface area (Å²) in [7, 11) is 0. The monoisotopic (exact) mass is 358 g/mol. The number of ether oxygens (including phenoxy) is 1. The van der Waals surface area contributed by atoms with Crippen LogP contribution in [0.2, 0.25) is 0 Å². The summed E-state index contributed by atoms with van der Waals surface area (Å²) in [6.45, 7) is 5.93. The standard InChI is InChI=1S/C19H26N4O3/c1-14(2)10-18-21-17(22-26-18)13-25-16-4-3-9-23(12-16)19(24)11-15-5-7-20-8-6-15/h5-8,14,16H,3-4,9-13H2,1-2H3. The predicted molar refractivity (Wildman–Crippen MR) is 95.2 cm³/mol. The van der Waals surface area contributed by atoms with Crippen LogP contribution in [-0.2, 0) is 29.0 Å². The number of nitrogens with zero attached hydrogens (tertiary/aromatic N) is 4. The lowest BCUT2D eigenvalue weighted by molar-refractivity contribution is -0.135. The summed E-state index contributed by atoms with van der Waals surface area (Å²) in [5.74, 6) is 1.82. The molecule has 7 heteroatoms. The van der Waals surface area contributed by atoms with Crippen LogP contribution in [0.5, 0.6) is 0 Å². The van der Waals surface area contributed by atoms with Crippen molar-refractivity contribution in [2.75, 3.05) is 13.1 Å². The van der Waals surface area contributed by atoms with Gasteiger partial charge in [-0.3, -0.25) is 9.78 Å². The largest absolute Gasteiger partial charge is 0.368 e. The van der Waals surface area contributed by atoms with Gasteiger partial charge in [0, 0.05) is 31.9 Å². The van der Waals surface area contributed by atoms with E-state index in [4.69, 9.17) is 9.26 Å². The molecule has 140 valence electrons. The lowest BCUT2D eigenvalue weighted by atomic mass is 10.1. The number of piperidine rings is 1. The zero-order valence-electron chi connectivity index (χ0n) is 15.4. The summed E-state index contributed by atoms with van der Waals surface area (Å²) >= 11 is 0. The topological polar surface area (TPSA) is 81.4 Å². The number of amides is 1. The maximum Gasteiger partial charge on any atom is 0.227 e. The van der Waals surface area contributed by atoms with Gasteiger partial charge in [0.2, 0.25) is 11.8 Å². The smallest absolute Gasteiger partial charge is 0.227 e. The van der Waals surface area contributed by atoms with Crippen molar-refractivity contribution >= 4 is 5.91 Å². The second-order valence-corrected chi connectivity index (χ2v) is 7.15. The molecule has 1 atom stereocenters. The SMILES string of the molecule is CC(C)Cc1nc(COC2CCCN(C(=O)Cc3ccncc3)C2)no1. The molecule has 0 radical (unpaired) electrons. The molecule has 0 saturated carbocycles. The Bertz CT molecular complexity index is 702. The summed E-state index contributed by atoms with van der Waals surface area (Å²) in [6.07, 6.45) is 6.49. The van der Waals surface area contributed by atoms with Crippen molar-refractivity contribution in [2.24, 2.45) is 5.92 Å². The summed E-state index contributed by atoms with van der Waals surface area (Å²) in [5, 5.41) is 3.97. The first kappa shape index (κ1) is 18.5. The number of hydrogen-bond acceptors (Lipinski definition) is 6.